The Morgan fingerprint density at radius 1 is 1.08 bits per heavy atom. The van der Waals surface area contributed by atoms with Crippen LogP contribution < -0.4 is 10.0 Å². The van der Waals surface area contributed by atoms with Crippen LogP contribution in [0.25, 0.3) is 0 Å². The van der Waals surface area contributed by atoms with Gasteiger partial charge >= 0.3 is 6.18 Å². The smallest absolute Gasteiger partial charge is 0.326 e. The standard InChI is InChI=1S/C15H19F3N2O3S/c1-24(22,23)20-13-6-2-10(3-7-13)14(21)19-12-8-4-11(5-9-12)15(16,17)18/h4-5,8-10,13,20H,2-3,6-7H2,1H3,(H,19,21). The van der Waals surface area contributed by atoms with Gasteiger partial charge in [-0.05, 0) is 49.9 Å². The molecule has 2 N–H and O–H groups in total. The average molecular weight is 364 g/mol. The number of carbonyl (C=O) groups is 1. The van der Waals surface area contributed by atoms with Crippen molar-refractivity contribution in [1.29, 1.82) is 0 Å². The summed E-state index contributed by atoms with van der Waals surface area (Å²) >= 11 is 0. The third kappa shape index (κ3) is 5.48. The number of sulfonamides is 1. The van der Waals surface area contributed by atoms with Crippen molar-refractivity contribution >= 4 is 21.6 Å². The second-order valence-corrected chi connectivity index (χ2v) is 7.78. The van der Waals surface area contributed by atoms with Crippen LogP contribution >= 0.6 is 0 Å². The number of benzene rings is 1. The molecule has 9 heteroatoms. The van der Waals surface area contributed by atoms with Crippen molar-refractivity contribution in [2.24, 2.45) is 5.92 Å². The van der Waals surface area contributed by atoms with Crippen molar-refractivity contribution in [3.05, 3.63) is 29.8 Å². The Balaban J connectivity index is 1.88. The zero-order valence-electron chi connectivity index (χ0n) is 13.1. The fourth-order valence-corrected chi connectivity index (χ4v) is 3.60. The Morgan fingerprint density at radius 2 is 1.62 bits per heavy atom. The lowest BCUT2D eigenvalue weighted by Crippen LogP contribution is -2.39. The molecule has 0 unspecified atom stereocenters. The van der Waals surface area contributed by atoms with Crippen LogP contribution in [0, 0.1) is 5.92 Å². The van der Waals surface area contributed by atoms with Gasteiger partial charge in [0.05, 0.1) is 11.8 Å². The Bertz CT molecular complexity index is 679. The van der Waals surface area contributed by atoms with Gasteiger partial charge in [-0.1, -0.05) is 0 Å². The number of anilines is 1. The molecule has 0 saturated heterocycles. The highest BCUT2D eigenvalue weighted by Crippen LogP contribution is 2.30. The van der Waals surface area contributed by atoms with Crippen molar-refractivity contribution in [3.63, 3.8) is 0 Å². The van der Waals surface area contributed by atoms with E-state index >= 15 is 0 Å². The molecule has 0 aromatic heterocycles. The number of hydrogen-bond acceptors (Lipinski definition) is 3. The molecule has 1 aliphatic carbocycles. The molecule has 0 radical (unpaired) electrons. The first-order chi connectivity index (χ1) is 11.0. The summed E-state index contributed by atoms with van der Waals surface area (Å²) in [5.74, 6) is -0.530. The van der Waals surface area contributed by atoms with E-state index in [4.69, 9.17) is 0 Å². The number of amides is 1. The van der Waals surface area contributed by atoms with E-state index in [-0.39, 0.29) is 17.9 Å². The van der Waals surface area contributed by atoms with Gasteiger partial charge in [0, 0.05) is 17.6 Å². The largest absolute Gasteiger partial charge is 0.416 e. The quantitative estimate of drug-likeness (QED) is 0.863. The SMILES string of the molecule is CS(=O)(=O)NC1CCC(C(=O)Nc2ccc(C(F)(F)F)cc2)CC1. The highest BCUT2D eigenvalue weighted by atomic mass is 32.2. The molecule has 134 valence electrons. The molecule has 1 amide bonds. The summed E-state index contributed by atoms with van der Waals surface area (Å²) in [7, 11) is -3.27. The molecule has 2 rings (SSSR count). The predicted octanol–water partition coefficient (Wildman–Crippen LogP) is 2.75. The predicted molar refractivity (Wildman–Crippen MR) is 83.8 cm³/mol. The maximum Gasteiger partial charge on any atom is 0.416 e. The molecule has 5 nitrogen and oxygen atoms in total. The molecule has 1 saturated carbocycles. The first-order valence-electron chi connectivity index (χ1n) is 7.50. The minimum absolute atomic E-state index is 0.171. The molecule has 0 heterocycles. The lowest BCUT2D eigenvalue weighted by molar-refractivity contribution is -0.137. The highest BCUT2D eigenvalue weighted by Gasteiger charge is 2.30. The van der Waals surface area contributed by atoms with Crippen LogP contribution in [-0.4, -0.2) is 26.6 Å². The van der Waals surface area contributed by atoms with E-state index in [1.807, 2.05) is 0 Å². The van der Waals surface area contributed by atoms with Crippen LogP contribution in [-0.2, 0) is 21.0 Å². The minimum Gasteiger partial charge on any atom is -0.326 e. The van der Waals surface area contributed by atoms with Gasteiger partial charge in [-0.25, -0.2) is 13.1 Å². The monoisotopic (exact) mass is 364 g/mol. The molecule has 0 spiro atoms. The van der Waals surface area contributed by atoms with Gasteiger partial charge in [0.2, 0.25) is 15.9 Å². The van der Waals surface area contributed by atoms with Crippen molar-refractivity contribution in [3.8, 4) is 0 Å². The summed E-state index contributed by atoms with van der Waals surface area (Å²) in [4.78, 5) is 12.2. The summed E-state index contributed by atoms with van der Waals surface area (Å²) in [6.45, 7) is 0. The molecule has 0 bridgehead atoms. The maximum atomic E-state index is 12.5. The summed E-state index contributed by atoms with van der Waals surface area (Å²) in [6.07, 6.45) is -1.15. The van der Waals surface area contributed by atoms with E-state index in [2.05, 4.69) is 10.0 Å². The first kappa shape index (κ1) is 18.7. The Labute approximate surface area is 138 Å². The number of carbonyl (C=O) groups excluding carboxylic acids is 1. The molecule has 1 aromatic carbocycles. The molecular formula is C15H19F3N2O3S. The van der Waals surface area contributed by atoms with Crippen LogP contribution in [0.4, 0.5) is 18.9 Å². The van der Waals surface area contributed by atoms with E-state index in [1.165, 1.54) is 12.1 Å². The highest BCUT2D eigenvalue weighted by molar-refractivity contribution is 7.88. The number of alkyl halides is 3. The van der Waals surface area contributed by atoms with E-state index in [0.717, 1.165) is 18.4 Å². The maximum absolute atomic E-state index is 12.5. The van der Waals surface area contributed by atoms with Crippen LogP contribution in [0.3, 0.4) is 0 Å². The second kappa shape index (κ2) is 7.10. The Hall–Kier alpha value is -1.61. The molecule has 24 heavy (non-hydrogen) atoms. The normalized spacial score (nSPS) is 22.2. The van der Waals surface area contributed by atoms with Gasteiger partial charge in [0.25, 0.3) is 0 Å². The zero-order valence-corrected chi connectivity index (χ0v) is 13.9. The summed E-state index contributed by atoms with van der Waals surface area (Å²) in [5.41, 5.74) is -0.461. The fraction of sp³-hybridized carbons (Fsp3) is 0.533. The Morgan fingerprint density at radius 3 is 2.08 bits per heavy atom. The number of nitrogens with one attached hydrogen (secondary N) is 2. The molecule has 1 aliphatic rings. The van der Waals surface area contributed by atoms with Gasteiger partial charge in [-0.2, -0.15) is 13.2 Å². The van der Waals surface area contributed by atoms with Crippen LogP contribution in [0.1, 0.15) is 31.2 Å². The van der Waals surface area contributed by atoms with Gasteiger partial charge in [-0.15, -0.1) is 0 Å². The van der Waals surface area contributed by atoms with E-state index in [1.54, 1.807) is 0 Å². The van der Waals surface area contributed by atoms with E-state index < -0.39 is 21.8 Å². The molecule has 1 aromatic rings. The number of halogens is 3. The molecule has 1 fully saturated rings. The lowest BCUT2D eigenvalue weighted by atomic mass is 9.86. The van der Waals surface area contributed by atoms with Crippen LogP contribution in [0.15, 0.2) is 24.3 Å². The van der Waals surface area contributed by atoms with Crippen molar-refractivity contribution in [1.82, 2.24) is 4.72 Å². The molecule has 0 atom stereocenters. The van der Waals surface area contributed by atoms with E-state index in [0.29, 0.717) is 31.4 Å². The minimum atomic E-state index is -4.41. The van der Waals surface area contributed by atoms with E-state index in [9.17, 15) is 26.4 Å². The summed E-state index contributed by atoms with van der Waals surface area (Å²) in [5, 5.41) is 2.61. The van der Waals surface area contributed by atoms with Crippen molar-refractivity contribution in [2.45, 2.75) is 37.9 Å². The topological polar surface area (TPSA) is 75.3 Å². The third-order valence-electron chi connectivity index (χ3n) is 3.96. The summed E-state index contributed by atoms with van der Waals surface area (Å²) in [6, 6.07) is 4.11. The van der Waals surface area contributed by atoms with Gasteiger partial charge < -0.3 is 5.32 Å². The van der Waals surface area contributed by atoms with Crippen LogP contribution in [0.5, 0.6) is 0 Å². The zero-order chi connectivity index (χ0) is 18.0. The summed E-state index contributed by atoms with van der Waals surface area (Å²) < 4.78 is 62.4. The van der Waals surface area contributed by atoms with Crippen molar-refractivity contribution in [2.75, 3.05) is 11.6 Å². The van der Waals surface area contributed by atoms with Gasteiger partial charge in [0.1, 0.15) is 0 Å². The third-order valence-corrected chi connectivity index (χ3v) is 4.72. The Kier molecular flexibility index (Phi) is 5.54. The number of rotatable bonds is 4. The van der Waals surface area contributed by atoms with Crippen LogP contribution in [0.2, 0.25) is 0 Å². The van der Waals surface area contributed by atoms with Gasteiger partial charge in [0.15, 0.2) is 0 Å². The number of hydrogen-bond donors (Lipinski definition) is 2. The fourth-order valence-electron chi connectivity index (χ4n) is 2.76. The molecular weight excluding hydrogens is 345 g/mol. The second-order valence-electron chi connectivity index (χ2n) is 6.00. The average Bonchev–Trinajstić information content (AvgIpc) is 2.46. The van der Waals surface area contributed by atoms with Crippen molar-refractivity contribution < 1.29 is 26.4 Å². The first-order valence-corrected chi connectivity index (χ1v) is 9.39. The molecule has 0 aliphatic heterocycles. The lowest BCUT2D eigenvalue weighted by Gasteiger charge is -2.27. The van der Waals surface area contributed by atoms with Gasteiger partial charge in [-0.3, -0.25) is 4.79 Å².